The average molecular weight is 532 g/mol. The SMILES string of the molecule is CCC(C)NC(=O)C(C)N(Cc1ccccc1F)C(=O)CN(c1cc(Cl)cc(Cl)c1)S(C)(=O)=O. The number of halogens is 3. The molecule has 0 aliphatic heterocycles. The molecule has 0 spiro atoms. The van der Waals surface area contributed by atoms with Crippen LogP contribution in [0.3, 0.4) is 0 Å². The van der Waals surface area contributed by atoms with Crippen molar-refractivity contribution in [1.82, 2.24) is 10.2 Å². The second-order valence-electron chi connectivity index (χ2n) is 8.00. The van der Waals surface area contributed by atoms with Crippen molar-refractivity contribution in [1.29, 1.82) is 0 Å². The minimum Gasteiger partial charge on any atom is -0.352 e. The van der Waals surface area contributed by atoms with E-state index in [4.69, 9.17) is 23.2 Å². The zero-order chi connectivity index (χ0) is 25.6. The molecule has 2 rings (SSSR count). The van der Waals surface area contributed by atoms with E-state index in [1.54, 1.807) is 6.07 Å². The molecule has 2 atom stereocenters. The van der Waals surface area contributed by atoms with E-state index in [2.05, 4.69) is 5.32 Å². The fourth-order valence-corrected chi connectivity index (χ4v) is 4.50. The standard InChI is InChI=1S/C23H28Cl2FN3O4S/c1-5-15(2)27-23(31)16(3)28(13-17-8-6-7-9-21(17)26)22(30)14-29(34(4,32)33)20-11-18(24)10-19(25)12-20/h6-12,15-16H,5,13-14H2,1-4H3,(H,27,31). The highest BCUT2D eigenvalue weighted by Gasteiger charge is 2.31. The third kappa shape index (κ3) is 7.58. The maximum Gasteiger partial charge on any atom is 0.244 e. The van der Waals surface area contributed by atoms with Gasteiger partial charge in [-0.05, 0) is 44.5 Å². The van der Waals surface area contributed by atoms with Crippen molar-refractivity contribution in [3.8, 4) is 0 Å². The van der Waals surface area contributed by atoms with Crippen molar-refractivity contribution in [3.05, 3.63) is 63.9 Å². The monoisotopic (exact) mass is 531 g/mol. The van der Waals surface area contributed by atoms with Gasteiger partial charge < -0.3 is 10.2 Å². The molecule has 0 saturated heterocycles. The minimum absolute atomic E-state index is 0.0934. The normalized spacial score (nSPS) is 13.1. The fraction of sp³-hybridized carbons (Fsp3) is 0.391. The Morgan fingerprint density at radius 2 is 1.68 bits per heavy atom. The first-order chi connectivity index (χ1) is 15.8. The van der Waals surface area contributed by atoms with E-state index >= 15 is 0 Å². The van der Waals surface area contributed by atoms with Crippen molar-refractivity contribution < 1.29 is 22.4 Å². The maximum atomic E-state index is 14.4. The molecule has 0 aliphatic carbocycles. The number of carbonyl (C=O) groups excluding carboxylic acids is 2. The molecule has 0 heterocycles. The molecule has 1 N–H and O–H groups in total. The molecule has 0 aliphatic rings. The fourth-order valence-electron chi connectivity index (χ4n) is 3.16. The number of anilines is 1. The molecule has 34 heavy (non-hydrogen) atoms. The molecule has 2 amide bonds. The summed E-state index contributed by atoms with van der Waals surface area (Å²) in [6.07, 6.45) is 1.62. The topological polar surface area (TPSA) is 86.8 Å². The summed E-state index contributed by atoms with van der Waals surface area (Å²) in [7, 11) is -3.94. The molecule has 0 fully saturated rings. The van der Waals surface area contributed by atoms with Crippen molar-refractivity contribution >= 4 is 50.7 Å². The van der Waals surface area contributed by atoms with E-state index in [9.17, 15) is 22.4 Å². The Morgan fingerprint density at radius 3 is 2.21 bits per heavy atom. The Labute approximate surface area is 209 Å². The van der Waals surface area contributed by atoms with E-state index in [0.717, 1.165) is 15.5 Å². The summed E-state index contributed by atoms with van der Waals surface area (Å²) in [5.74, 6) is -1.68. The Hall–Kier alpha value is -2.36. The van der Waals surface area contributed by atoms with E-state index in [0.29, 0.717) is 6.42 Å². The highest BCUT2D eigenvalue weighted by atomic mass is 35.5. The Kier molecular flexibility index (Phi) is 9.73. The molecule has 2 unspecified atom stereocenters. The van der Waals surface area contributed by atoms with E-state index in [1.807, 2.05) is 13.8 Å². The zero-order valence-electron chi connectivity index (χ0n) is 19.4. The number of rotatable bonds is 10. The van der Waals surface area contributed by atoms with Crippen LogP contribution in [0.15, 0.2) is 42.5 Å². The van der Waals surface area contributed by atoms with Crippen molar-refractivity contribution in [2.24, 2.45) is 0 Å². The van der Waals surface area contributed by atoms with Gasteiger partial charge in [0.05, 0.1) is 11.9 Å². The molecule has 0 bridgehead atoms. The second-order valence-corrected chi connectivity index (χ2v) is 10.8. The first-order valence-corrected chi connectivity index (χ1v) is 13.2. The second kappa shape index (κ2) is 11.9. The average Bonchev–Trinajstić information content (AvgIpc) is 2.74. The lowest BCUT2D eigenvalue weighted by atomic mass is 10.1. The Morgan fingerprint density at radius 1 is 1.09 bits per heavy atom. The number of hydrogen-bond acceptors (Lipinski definition) is 4. The van der Waals surface area contributed by atoms with Gasteiger partial charge in [0.25, 0.3) is 0 Å². The molecular weight excluding hydrogens is 504 g/mol. The summed E-state index contributed by atoms with van der Waals surface area (Å²) in [6, 6.07) is 8.90. The summed E-state index contributed by atoms with van der Waals surface area (Å²) in [5.41, 5.74) is 0.284. The van der Waals surface area contributed by atoms with Crippen molar-refractivity contribution in [2.75, 3.05) is 17.1 Å². The van der Waals surface area contributed by atoms with Gasteiger partial charge >= 0.3 is 0 Å². The summed E-state index contributed by atoms with van der Waals surface area (Å²) in [4.78, 5) is 27.4. The molecule has 0 radical (unpaired) electrons. The predicted octanol–water partition coefficient (Wildman–Crippen LogP) is 4.23. The number of carbonyl (C=O) groups is 2. The number of nitrogens with zero attached hydrogens (tertiary/aromatic N) is 2. The highest BCUT2D eigenvalue weighted by Crippen LogP contribution is 2.27. The number of hydrogen-bond donors (Lipinski definition) is 1. The number of amides is 2. The van der Waals surface area contributed by atoms with E-state index in [1.165, 1.54) is 43.3 Å². The van der Waals surface area contributed by atoms with E-state index in [-0.39, 0.29) is 33.9 Å². The molecular formula is C23H28Cl2FN3O4S. The number of benzene rings is 2. The molecule has 186 valence electrons. The van der Waals surface area contributed by atoms with Crippen LogP contribution in [0.25, 0.3) is 0 Å². The van der Waals surface area contributed by atoms with Gasteiger partial charge in [0.15, 0.2) is 0 Å². The van der Waals surface area contributed by atoms with Crippen LogP contribution in [0.5, 0.6) is 0 Å². The summed E-state index contributed by atoms with van der Waals surface area (Å²) >= 11 is 12.1. The molecule has 0 saturated carbocycles. The third-order valence-electron chi connectivity index (χ3n) is 5.28. The maximum absolute atomic E-state index is 14.4. The van der Waals surface area contributed by atoms with Gasteiger partial charge in [-0.2, -0.15) is 0 Å². The van der Waals surface area contributed by atoms with Gasteiger partial charge in [0, 0.05) is 28.2 Å². The summed E-state index contributed by atoms with van der Waals surface area (Å²) < 4.78 is 40.3. The van der Waals surface area contributed by atoms with Gasteiger partial charge in [-0.1, -0.05) is 48.3 Å². The summed E-state index contributed by atoms with van der Waals surface area (Å²) in [6.45, 7) is 4.37. The largest absolute Gasteiger partial charge is 0.352 e. The highest BCUT2D eigenvalue weighted by molar-refractivity contribution is 7.92. The van der Waals surface area contributed by atoms with Crippen LogP contribution < -0.4 is 9.62 Å². The molecule has 7 nitrogen and oxygen atoms in total. The zero-order valence-corrected chi connectivity index (χ0v) is 21.7. The van der Waals surface area contributed by atoms with E-state index < -0.39 is 40.2 Å². The van der Waals surface area contributed by atoms with Crippen LogP contribution in [-0.4, -0.2) is 50.0 Å². The van der Waals surface area contributed by atoms with Gasteiger partial charge in [-0.3, -0.25) is 13.9 Å². The van der Waals surface area contributed by atoms with Crippen LogP contribution in [0.2, 0.25) is 10.0 Å². The van der Waals surface area contributed by atoms with Crippen LogP contribution in [0.1, 0.15) is 32.8 Å². The Balaban J connectivity index is 2.43. The van der Waals surface area contributed by atoms with Crippen molar-refractivity contribution in [2.45, 2.75) is 45.8 Å². The molecule has 11 heteroatoms. The van der Waals surface area contributed by atoms with Crippen LogP contribution in [-0.2, 0) is 26.2 Å². The summed E-state index contributed by atoms with van der Waals surface area (Å²) in [5, 5.41) is 3.18. The lowest BCUT2D eigenvalue weighted by Crippen LogP contribution is -2.52. The van der Waals surface area contributed by atoms with Crippen LogP contribution >= 0.6 is 23.2 Å². The smallest absolute Gasteiger partial charge is 0.244 e. The first-order valence-electron chi connectivity index (χ1n) is 10.6. The van der Waals surface area contributed by atoms with Gasteiger partial charge in [0.2, 0.25) is 21.8 Å². The van der Waals surface area contributed by atoms with Crippen LogP contribution in [0.4, 0.5) is 10.1 Å². The molecule has 0 aromatic heterocycles. The predicted molar refractivity (Wildman–Crippen MR) is 133 cm³/mol. The lowest BCUT2D eigenvalue weighted by molar-refractivity contribution is -0.139. The molecule has 2 aromatic rings. The first kappa shape index (κ1) is 27.9. The Bertz CT molecular complexity index is 1130. The van der Waals surface area contributed by atoms with Crippen molar-refractivity contribution in [3.63, 3.8) is 0 Å². The lowest BCUT2D eigenvalue weighted by Gasteiger charge is -2.32. The van der Waals surface area contributed by atoms with Gasteiger partial charge in [0.1, 0.15) is 18.4 Å². The van der Waals surface area contributed by atoms with Crippen LogP contribution in [0, 0.1) is 5.82 Å². The quantitative estimate of drug-likeness (QED) is 0.496. The molecule has 2 aromatic carbocycles. The number of nitrogens with one attached hydrogen (secondary N) is 1. The third-order valence-corrected chi connectivity index (χ3v) is 6.86. The van der Waals surface area contributed by atoms with Gasteiger partial charge in [-0.15, -0.1) is 0 Å². The minimum atomic E-state index is -3.94. The number of sulfonamides is 1. The van der Waals surface area contributed by atoms with Gasteiger partial charge in [-0.25, -0.2) is 12.8 Å².